The molecule has 1 aromatic rings. The first-order valence-corrected chi connectivity index (χ1v) is 8.05. The van der Waals surface area contributed by atoms with Crippen molar-refractivity contribution in [2.24, 2.45) is 0 Å². The fourth-order valence-electron chi connectivity index (χ4n) is 3.30. The van der Waals surface area contributed by atoms with Crippen molar-refractivity contribution in [1.29, 1.82) is 0 Å². The van der Waals surface area contributed by atoms with Gasteiger partial charge in [-0.1, -0.05) is 0 Å². The van der Waals surface area contributed by atoms with E-state index in [0.717, 1.165) is 31.6 Å². The number of rotatable bonds is 4. The van der Waals surface area contributed by atoms with Crippen molar-refractivity contribution in [2.45, 2.75) is 37.3 Å². The minimum atomic E-state index is -2.60. The van der Waals surface area contributed by atoms with Gasteiger partial charge in [-0.3, -0.25) is 9.48 Å². The molecule has 0 bridgehead atoms. The van der Waals surface area contributed by atoms with Crippen molar-refractivity contribution in [3.05, 3.63) is 17.5 Å². The lowest BCUT2D eigenvalue weighted by molar-refractivity contribution is -0.160. The smallest absolute Gasteiger partial charge is 0.282 e. The molecule has 1 saturated carbocycles. The summed E-state index contributed by atoms with van der Waals surface area (Å²) in [6, 6.07) is 1.45. The lowest BCUT2D eigenvalue weighted by Gasteiger charge is -2.48. The number of alkyl halides is 2. The molecule has 6 nitrogen and oxygen atoms in total. The molecule has 4 rings (SSSR count). The summed E-state index contributed by atoms with van der Waals surface area (Å²) in [7, 11) is 0. The minimum Gasteiger partial charge on any atom is -0.369 e. The van der Waals surface area contributed by atoms with Gasteiger partial charge in [0.05, 0.1) is 13.2 Å². The molecular weight excluding hydrogens is 306 g/mol. The predicted octanol–water partition coefficient (Wildman–Crippen LogP) is 0.899. The van der Waals surface area contributed by atoms with Crippen LogP contribution in [0.2, 0.25) is 0 Å². The molecule has 1 aromatic heterocycles. The van der Waals surface area contributed by atoms with Gasteiger partial charge in [0.15, 0.2) is 0 Å². The number of nitrogens with one attached hydrogen (secondary N) is 1. The number of nitrogens with zero attached hydrogens (tertiary/aromatic N) is 3. The number of halogens is 2. The third kappa shape index (κ3) is 2.85. The van der Waals surface area contributed by atoms with Gasteiger partial charge < -0.3 is 15.0 Å². The summed E-state index contributed by atoms with van der Waals surface area (Å²) in [4.78, 5) is 14.3. The predicted molar refractivity (Wildman–Crippen MR) is 77.3 cm³/mol. The maximum absolute atomic E-state index is 12.9. The van der Waals surface area contributed by atoms with Crippen LogP contribution in [0.4, 0.5) is 8.78 Å². The summed E-state index contributed by atoms with van der Waals surface area (Å²) in [6.07, 6.45) is -0.638. The summed E-state index contributed by atoms with van der Waals surface area (Å²) >= 11 is 0. The molecule has 1 spiro atoms. The Balaban J connectivity index is 1.47. The van der Waals surface area contributed by atoms with Crippen LogP contribution in [0.3, 0.4) is 0 Å². The first-order valence-electron chi connectivity index (χ1n) is 8.05. The van der Waals surface area contributed by atoms with E-state index >= 15 is 0 Å². The van der Waals surface area contributed by atoms with Crippen LogP contribution in [0, 0.1) is 0 Å². The first kappa shape index (κ1) is 15.0. The molecule has 8 heteroatoms. The summed E-state index contributed by atoms with van der Waals surface area (Å²) in [5.41, 5.74) is 0.272. The van der Waals surface area contributed by atoms with Gasteiger partial charge in [0.25, 0.3) is 6.43 Å². The van der Waals surface area contributed by atoms with E-state index in [1.807, 2.05) is 0 Å². The number of ether oxygens (including phenoxy) is 1. The maximum Gasteiger partial charge on any atom is 0.282 e. The summed E-state index contributed by atoms with van der Waals surface area (Å²) in [6.45, 7) is 3.15. The molecule has 1 N–H and O–H groups in total. The Morgan fingerprint density at radius 2 is 2.26 bits per heavy atom. The highest BCUT2D eigenvalue weighted by molar-refractivity contribution is 5.76. The maximum atomic E-state index is 12.9. The highest BCUT2D eigenvalue weighted by Crippen LogP contribution is 2.41. The number of amides is 1. The van der Waals surface area contributed by atoms with Crippen LogP contribution >= 0.6 is 0 Å². The lowest BCUT2D eigenvalue weighted by atomic mass is 9.94. The van der Waals surface area contributed by atoms with Crippen molar-refractivity contribution in [3.8, 4) is 0 Å². The van der Waals surface area contributed by atoms with Crippen LogP contribution in [0.25, 0.3) is 0 Å². The normalized spacial score (nSPS) is 23.3. The fraction of sp³-hybridized carbons (Fsp3) is 0.733. The number of hydrogen-bond acceptors (Lipinski definition) is 4. The number of morpholine rings is 1. The number of aromatic nitrogens is 2. The van der Waals surface area contributed by atoms with Crippen molar-refractivity contribution in [2.75, 3.05) is 32.8 Å². The zero-order chi connectivity index (χ0) is 16.0. The zero-order valence-corrected chi connectivity index (χ0v) is 12.8. The van der Waals surface area contributed by atoms with Crippen molar-refractivity contribution in [1.82, 2.24) is 20.0 Å². The molecule has 0 aromatic carbocycles. The molecule has 2 saturated heterocycles. The summed E-state index contributed by atoms with van der Waals surface area (Å²) in [5, 5.41) is 7.12. The Kier molecular flexibility index (Phi) is 3.60. The quantitative estimate of drug-likeness (QED) is 0.893. The molecule has 0 unspecified atom stereocenters. The van der Waals surface area contributed by atoms with Gasteiger partial charge in [-0.2, -0.15) is 5.10 Å². The molecule has 3 aliphatic rings. The van der Waals surface area contributed by atoms with E-state index in [9.17, 15) is 13.6 Å². The zero-order valence-electron chi connectivity index (χ0n) is 12.8. The second kappa shape index (κ2) is 5.52. The van der Waals surface area contributed by atoms with Gasteiger partial charge in [0.2, 0.25) is 5.91 Å². The first-order chi connectivity index (χ1) is 11.1. The molecule has 0 atom stereocenters. The van der Waals surface area contributed by atoms with Crippen molar-refractivity contribution >= 4 is 5.91 Å². The lowest BCUT2D eigenvalue weighted by Crippen LogP contribution is -2.69. The number of hydrogen-bond donors (Lipinski definition) is 1. The molecular formula is C15H20F2N4O2. The second-order valence-electron chi connectivity index (χ2n) is 6.68. The van der Waals surface area contributed by atoms with Crippen LogP contribution < -0.4 is 5.32 Å². The fourth-order valence-corrected chi connectivity index (χ4v) is 3.30. The van der Waals surface area contributed by atoms with Crippen LogP contribution in [-0.4, -0.2) is 59.0 Å². The van der Waals surface area contributed by atoms with E-state index in [4.69, 9.17) is 4.74 Å². The van der Waals surface area contributed by atoms with E-state index in [1.165, 1.54) is 10.7 Å². The third-order valence-electron chi connectivity index (χ3n) is 4.83. The van der Waals surface area contributed by atoms with Crippen LogP contribution in [0.15, 0.2) is 6.07 Å². The molecule has 1 amide bonds. The van der Waals surface area contributed by atoms with E-state index in [0.29, 0.717) is 19.7 Å². The molecule has 3 heterocycles. The van der Waals surface area contributed by atoms with Crippen molar-refractivity contribution < 1.29 is 18.3 Å². The summed E-state index contributed by atoms with van der Waals surface area (Å²) in [5.74, 6) is 0.194. The molecule has 126 valence electrons. The average Bonchev–Trinajstić information content (AvgIpc) is 3.26. The molecule has 3 fully saturated rings. The Bertz CT molecular complexity index is 611. The standard InChI is InChI=1S/C15H20F2N4O2/c16-14(17)11-5-12(10-1-2-10)21(19-11)6-13(22)20-3-4-23-15(9-20)7-18-8-15/h5,10,14,18H,1-4,6-9H2. The van der Waals surface area contributed by atoms with Gasteiger partial charge in [-0.05, 0) is 18.9 Å². The Labute approximate surface area is 132 Å². The van der Waals surface area contributed by atoms with Gasteiger partial charge in [-0.25, -0.2) is 8.78 Å². The molecule has 2 aliphatic heterocycles. The van der Waals surface area contributed by atoms with Crippen LogP contribution in [-0.2, 0) is 16.1 Å². The molecule has 0 radical (unpaired) electrons. The Morgan fingerprint density at radius 1 is 1.48 bits per heavy atom. The highest BCUT2D eigenvalue weighted by Gasteiger charge is 2.43. The van der Waals surface area contributed by atoms with E-state index < -0.39 is 6.43 Å². The number of carbonyl (C=O) groups is 1. The second-order valence-corrected chi connectivity index (χ2v) is 6.68. The highest BCUT2D eigenvalue weighted by atomic mass is 19.3. The van der Waals surface area contributed by atoms with Gasteiger partial charge >= 0.3 is 0 Å². The third-order valence-corrected chi connectivity index (χ3v) is 4.83. The van der Waals surface area contributed by atoms with Crippen LogP contribution in [0.1, 0.15) is 36.6 Å². The van der Waals surface area contributed by atoms with Gasteiger partial charge in [0, 0.05) is 31.2 Å². The molecule has 1 aliphatic carbocycles. The molecule has 23 heavy (non-hydrogen) atoms. The average molecular weight is 326 g/mol. The largest absolute Gasteiger partial charge is 0.369 e. The van der Waals surface area contributed by atoms with Gasteiger partial charge in [0.1, 0.15) is 17.8 Å². The Morgan fingerprint density at radius 3 is 2.87 bits per heavy atom. The van der Waals surface area contributed by atoms with Gasteiger partial charge in [-0.15, -0.1) is 0 Å². The Hall–Kier alpha value is -1.54. The minimum absolute atomic E-state index is 0.0298. The topological polar surface area (TPSA) is 59.4 Å². The van der Waals surface area contributed by atoms with E-state index in [1.54, 1.807) is 4.90 Å². The van der Waals surface area contributed by atoms with E-state index in [-0.39, 0.29) is 29.7 Å². The van der Waals surface area contributed by atoms with Crippen LogP contribution in [0.5, 0.6) is 0 Å². The summed E-state index contributed by atoms with van der Waals surface area (Å²) < 4.78 is 33.0. The van der Waals surface area contributed by atoms with Crippen molar-refractivity contribution in [3.63, 3.8) is 0 Å². The van der Waals surface area contributed by atoms with E-state index in [2.05, 4.69) is 10.4 Å². The number of carbonyl (C=O) groups excluding carboxylic acids is 1. The monoisotopic (exact) mass is 326 g/mol. The SMILES string of the molecule is O=C(Cn1nc(C(F)F)cc1C1CC1)N1CCOC2(CNC2)C1.